The van der Waals surface area contributed by atoms with Gasteiger partial charge in [-0.2, -0.15) is 0 Å². The van der Waals surface area contributed by atoms with E-state index in [2.05, 4.69) is 13.8 Å². The van der Waals surface area contributed by atoms with Crippen LogP contribution in [0.1, 0.15) is 97.8 Å². The second-order valence-electron chi connectivity index (χ2n) is 6.31. The van der Waals surface area contributed by atoms with Crippen LogP contribution in [0, 0.1) is 0 Å². The minimum Gasteiger partial charge on any atom is -0.462 e. The maximum absolute atomic E-state index is 11.6. The Morgan fingerprint density at radius 3 is 1.74 bits per heavy atom. The van der Waals surface area contributed by atoms with Gasteiger partial charge < -0.3 is 9.47 Å². The summed E-state index contributed by atoms with van der Waals surface area (Å²) in [4.78, 5) is 23.2. The van der Waals surface area contributed by atoms with Gasteiger partial charge in [0.05, 0.1) is 0 Å². The van der Waals surface area contributed by atoms with E-state index in [1.807, 2.05) is 0 Å². The van der Waals surface area contributed by atoms with Gasteiger partial charge in [-0.15, -0.1) is 0 Å². The number of hydrogen-bond donors (Lipinski definition) is 0. The molecule has 0 saturated carbocycles. The van der Waals surface area contributed by atoms with Crippen LogP contribution in [0.4, 0.5) is 0 Å². The Balaban J connectivity index is 3.55. The van der Waals surface area contributed by atoms with Crippen LogP contribution in [-0.2, 0) is 19.1 Å². The minimum atomic E-state index is -0.359. The maximum atomic E-state index is 11.6. The number of carbonyl (C=O) groups is 2. The Morgan fingerprint density at radius 1 is 0.739 bits per heavy atom. The minimum absolute atomic E-state index is 0.162. The Kier molecular flexibility index (Phi) is 15.1. The van der Waals surface area contributed by atoms with Gasteiger partial charge in [0.15, 0.2) is 0 Å². The van der Waals surface area contributed by atoms with Crippen LogP contribution in [0.3, 0.4) is 0 Å². The lowest BCUT2D eigenvalue weighted by atomic mass is 10.1. The molecule has 0 heterocycles. The zero-order chi connectivity index (χ0) is 17.3. The monoisotopic (exact) mass is 328 g/mol. The summed E-state index contributed by atoms with van der Waals surface area (Å²) in [6.07, 6.45) is 11.7. The summed E-state index contributed by atoms with van der Waals surface area (Å²) in [5.41, 5.74) is 0. The fourth-order valence-electron chi connectivity index (χ4n) is 2.35. The third-order valence-corrected chi connectivity index (χ3v) is 3.78. The van der Waals surface area contributed by atoms with Gasteiger partial charge >= 0.3 is 11.9 Å². The Bertz CT molecular complexity index is 302. The quantitative estimate of drug-likeness (QED) is 0.307. The molecule has 136 valence electrons. The third kappa shape index (κ3) is 15.6. The molecule has 0 radical (unpaired) electrons. The van der Waals surface area contributed by atoms with Crippen molar-refractivity contribution in [3.8, 4) is 0 Å². The predicted molar refractivity (Wildman–Crippen MR) is 93.3 cm³/mol. The first kappa shape index (κ1) is 21.9. The number of esters is 2. The summed E-state index contributed by atoms with van der Waals surface area (Å²) >= 11 is 0. The molecular formula is C19H36O4. The van der Waals surface area contributed by atoms with Gasteiger partial charge in [0, 0.05) is 12.8 Å². The van der Waals surface area contributed by atoms with Gasteiger partial charge in [-0.1, -0.05) is 65.2 Å². The van der Waals surface area contributed by atoms with E-state index >= 15 is 0 Å². The van der Waals surface area contributed by atoms with Gasteiger partial charge in [-0.3, -0.25) is 9.59 Å². The number of carbonyl (C=O) groups excluding carboxylic acids is 2. The standard InChI is InChI=1S/C19H36O4/c1-4-6-8-10-12-14-18(20)22-16-17(3)23-19(21)15-13-11-9-7-5-2/h17H,4-16H2,1-3H3/t17-/m0/s1. The first-order chi connectivity index (χ1) is 11.1. The molecular weight excluding hydrogens is 292 g/mol. The highest BCUT2D eigenvalue weighted by Gasteiger charge is 2.12. The lowest BCUT2D eigenvalue weighted by molar-refractivity contribution is -0.158. The smallest absolute Gasteiger partial charge is 0.306 e. The lowest BCUT2D eigenvalue weighted by Crippen LogP contribution is -2.22. The van der Waals surface area contributed by atoms with E-state index < -0.39 is 0 Å². The van der Waals surface area contributed by atoms with Crippen molar-refractivity contribution in [2.45, 2.75) is 104 Å². The van der Waals surface area contributed by atoms with Crippen LogP contribution < -0.4 is 0 Å². The van der Waals surface area contributed by atoms with Gasteiger partial charge in [0.1, 0.15) is 12.7 Å². The molecule has 0 saturated heterocycles. The van der Waals surface area contributed by atoms with Crippen LogP contribution in [0.2, 0.25) is 0 Å². The van der Waals surface area contributed by atoms with Crippen molar-refractivity contribution >= 4 is 11.9 Å². The number of rotatable bonds is 15. The van der Waals surface area contributed by atoms with E-state index in [1.165, 1.54) is 38.5 Å². The largest absolute Gasteiger partial charge is 0.462 e. The summed E-state index contributed by atoms with van der Waals surface area (Å²) in [6, 6.07) is 0. The van der Waals surface area contributed by atoms with Crippen LogP contribution in [0.15, 0.2) is 0 Å². The molecule has 1 atom stereocenters. The molecule has 0 aliphatic carbocycles. The molecule has 0 N–H and O–H groups in total. The average Bonchev–Trinajstić information content (AvgIpc) is 2.52. The molecule has 0 aromatic carbocycles. The van der Waals surface area contributed by atoms with Gasteiger partial charge in [0.2, 0.25) is 0 Å². The molecule has 4 nitrogen and oxygen atoms in total. The third-order valence-electron chi connectivity index (χ3n) is 3.78. The fraction of sp³-hybridized carbons (Fsp3) is 0.895. The summed E-state index contributed by atoms with van der Waals surface area (Å²) in [7, 11) is 0. The predicted octanol–water partition coefficient (Wildman–Crippen LogP) is 5.18. The van der Waals surface area contributed by atoms with Crippen molar-refractivity contribution in [2.75, 3.05) is 6.61 Å². The number of hydrogen-bond acceptors (Lipinski definition) is 4. The van der Waals surface area contributed by atoms with Crippen LogP contribution in [0.25, 0.3) is 0 Å². The van der Waals surface area contributed by atoms with E-state index in [9.17, 15) is 9.59 Å². The van der Waals surface area contributed by atoms with Crippen molar-refractivity contribution in [3.05, 3.63) is 0 Å². The van der Waals surface area contributed by atoms with E-state index in [-0.39, 0.29) is 24.6 Å². The molecule has 0 aromatic heterocycles. The van der Waals surface area contributed by atoms with Crippen molar-refractivity contribution in [2.24, 2.45) is 0 Å². The molecule has 0 unspecified atom stereocenters. The second kappa shape index (κ2) is 15.8. The van der Waals surface area contributed by atoms with Gasteiger partial charge in [0.25, 0.3) is 0 Å². The van der Waals surface area contributed by atoms with Gasteiger partial charge in [-0.25, -0.2) is 0 Å². The highest BCUT2D eigenvalue weighted by molar-refractivity contribution is 5.70. The molecule has 0 rings (SSSR count). The first-order valence-corrected chi connectivity index (χ1v) is 9.45. The topological polar surface area (TPSA) is 52.6 Å². The van der Waals surface area contributed by atoms with Crippen LogP contribution in [0.5, 0.6) is 0 Å². The zero-order valence-corrected chi connectivity index (χ0v) is 15.4. The molecule has 0 spiro atoms. The number of ether oxygens (including phenoxy) is 2. The lowest BCUT2D eigenvalue weighted by Gasteiger charge is -2.13. The Labute approximate surface area is 142 Å². The highest BCUT2D eigenvalue weighted by Crippen LogP contribution is 2.08. The van der Waals surface area contributed by atoms with Crippen LogP contribution in [-0.4, -0.2) is 24.6 Å². The highest BCUT2D eigenvalue weighted by atomic mass is 16.6. The second-order valence-corrected chi connectivity index (χ2v) is 6.31. The zero-order valence-electron chi connectivity index (χ0n) is 15.4. The first-order valence-electron chi connectivity index (χ1n) is 9.45. The summed E-state index contributed by atoms with van der Waals surface area (Å²) in [6.45, 7) is 6.27. The normalized spacial score (nSPS) is 12.0. The van der Waals surface area contributed by atoms with Crippen molar-refractivity contribution in [1.29, 1.82) is 0 Å². The summed E-state index contributed by atoms with van der Waals surface area (Å²) < 4.78 is 10.4. The number of unbranched alkanes of at least 4 members (excludes halogenated alkanes) is 8. The fourth-order valence-corrected chi connectivity index (χ4v) is 2.35. The molecule has 0 aliphatic rings. The van der Waals surface area contributed by atoms with Crippen LogP contribution >= 0.6 is 0 Å². The molecule has 0 aliphatic heterocycles. The van der Waals surface area contributed by atoms with Gasteiger partial charge in [-0.05, 0) is 19.8 Å². The molecule has 23 heavy (non-hydrogen) atoms. The molecule has 0 bridgehead atoms. The SMILES string of the molecule is CCCCCCCC(=O)OC[C@H](C)OC(=O)CCCCCCC. The van der Waals surface area contributed by atoms with Crippen molar-refractivity contribution in [1.82, 2.24) is 0 Å². The Morgan fingerprint density at radius 2 is 1.22 bits per heavy atom. The Hall–Kier alpha value is -1.06. The maximum Gasteiger partial charge on any atom is 0.306 e. The molecule has 4 heteroatoms. The van der Waals surface area contributed by atoms with Crippen molar-refractivity contribution in [3.63, 3.8) is 0 Å². The molecule has 0 amide bonds. The summed E-state index contributed by atoms with van der Waals surface area (Å²) in [5.74, 6) is -0.381. The van der Waals surface area contributed by atoms with E-state index in [4.69, 9.17) is 9.47 Å². The summed E-state index contributed by atoms with van der Waals surface area (Å²) in [5, 5.41) is 0. The molecule has 0 aromatic rings. The van der Waals surface area contributed by atoms with E-state index in [0.717, 1.165) is 25.7 Å². The molecule has 0 fully saturated rings. The van der Waals surface area contributed by atoms with E-state index in [0.29, 0.717) is 12.8 Å². The average molecular weight is 328 g/mol. The van der Waals surface area contributed by atoms with E-state index in [1.54, 1.807) is 6.92 Å². The van der Waals surface area contributed by atoms with Crippen molar-refractivity contribution < 1.29 is 19.1 Å².